The number of hydrogen-bond acceptors (Lipinski definition) is 5. The number of rotatable bonds is 47. The molecule has 3 N–H and O–H groups in total. The monoisotopic (exact) mass is 880 g/mol. The highest BCUT2D eigenvalue weighted by Gasteiger charge is 2.24. The molecule has 6 heteroatoms. The number of carbonyl (C=O) groups excluding carboxylic acids is 2. The van der Waals surface area contributed by atoms with Crippen LogP contribution in [0.1, 0.15) is 252 Å². The van der Waals surface area contributed by atoms with E-state index < -0.39 is 18.2 Å². The van der Waals surface area contributed by atoms with Crippen molar-refractivity contribution in [2.75, 3.05) is 6.61 Å². The van der Waals surface area contributed by atoms with Crippen LogP contribution in [0.25, 0.3) is 0 Å². The highest BCUT2D eigenvalue weighted by atomic mass is 16.5. The molecule has 0 radical (unpaired) electrons. The van der Waals surface area contributed by atoms with E-state index in [-0.39, 0.29) is 24.9 Å². The van der Waals surface area contributed by atoms with Gasteiger partial charge < -0.3 is 20.3 Å². The molecule has 0 aliphatic rings. The highest BCUT2D eigenvalue weighted by molar-refractivity contribution is 5.77. The molecule has 1 amide bonds. The topological polar surface area (TPSA) is 95.9 Å². The van der Waals surface area contributed by atoms with Gasteiger partial charge in [0.1, 0.15) is 6.10 Å². The fourth-order valence-corrected chi connectivity index (χ4v) is 7.86. The summed E-state index contributed by atoms with van der Waals surface area (Å²) < 4.78 is 5.90. The number of amides is 1. The minimum absolute atomic E-state index is 0.0235. The molecule has 0 aromatic rings. The van der Waals surface area contributed by atoms with Crippen LogP contribution in [0.15, 0.2) is 72.9 Å². The summed E-state index contributed by atoms with van der Waals surface area (Å²) in [5.74, 6) is -0.555. The van der Waals surface area contributed by atoms with Gasteiger partial charge in [0.2, 0.25) is 5.91 Å². The first-order chi connectivity index (χ1) is 31.0. The van der Waals surface area contributed by atoms with Crippen LogP contribution in [0.4, 0.5) is 0 Å². The minimum atomic E-state index is -0.810. The SMILES string of the molecule is CC/C=C/C=C/C=C\C=C/C=C/CCCC(CC(=O)NC(CO)C(O)CCCCCCCCCCCCCCC)OC(=O)CCCCCCC/C=C/CCCCCCCCCCC. The molecule has 0 fully saturated rings. The van der Waals surface area contributed by atoms with Gasteiger partial charge >= 0.3 is 5.97 Å². The third-order valence-electron chi connectivity index (χ3n) is 11.9. The average Bonchev–Trinajstić information content (AvgIpc) is 3.28. The van der Waals surface area contributed by atoms with Gasteiger partial charge in [-0.15, -0.1) is 0 Å². The smallest absolute Gasteiger partial charge is 0.306 e. The van der Waals surface area contributed by atoms with Crippen molar-refractivity contribution < 1.29 is 24.5 Å². The maximum atomic E-state index is 13.2. The third kappa shape index (κ3) is 45.7. The van der Waals surface area contributed by atoms with Gasteiger partial charge in [-0.1, -0.05) is 248 Å². The van der Waals surface area contributed by atoms with Gasteiger partial charge in [0.25, 0.3) is 0 Å². The molecule has 0 aromatic carbocycles. The van der Waals surface area contributed by atoms with Crippen molar-refractivity contribution in [2.45, 2.75) is 270 Å². The number of nitrogens with one attached hydrogen (secondary N) is 1. The Labute approximate surface area is 390 Å². The van der Waals surface area contributed by atoms with Crippen molar-refractivity contribution in [3.8, 4) is 0 Å². The fourth-order valence-electron chi connectivity index (χ4n) is 7.86. The van der Waals surface area contributed by atoms with Crippen LogP contribution in [-0.2, 0) is 14.3 Å². The summed E-state index contributed by atoms with van der Waals surface area (Å²) in [6.07, 6.45) is 64.0. The second-order valence-corrected chi connectivity index (χ2v) is 18.0. The molecule has 3 atom stereocenters. The molecular formula is C57H101NO5. The molecule has 0 saturated heterocycles. The van der Waals surface area contributed by atoms with Gasteiger partial charge in [0.15, 0.2) is 0 Å². The van der Waals surface area contributed by atoms with E-state index in [1.807, 2.05) is 48.6 Å². The standard InChI is InChI=1S/C57H101NO5/c1-4-7-10-13-16-19-22-25-26-27-28-29-32-35-38-41-44-47-50-57(62)63-53(48-45-42-39-36-33-30-23-20-17-14-11-8-5-2)51-56(61)58-54(52-59)55(60)49-46-43-40-37-34-31-24-21-18-15-12-9-6-3/h8,11,14,17,20,23,28-30,33,36,39,53-55,59-60H,4-7,9-10,12-13,15-16,18-19,21-22,24-27,31-32,34-35,37-38,40-52H2,1-3H3,(H,58,61)/b11-8+,17-14+,23-20-,29-28+,33-30-,39-36+. The zero-order valence-corrected chi connectivity index (χ0v) is 41.4. The molecule has 0 aliphatic carbocycles. The predicted octanol–water partition coefficient (Wildman–Crippen LogP) is 16.2. The van der Waals surface area contributed by atoms with Crippen LogP contribution in [0, 0.1) is 0 Å². The molecule has 0 spiro atoms. The third-order valence-corrected chi connectivity index (χ3v) is 11.9. The van der Waals surface area contributed by atoms with E-state index in [0.717, 1.165) is 64.2 Å². The summed E-state index contributed by atoms with van der Waals surface area (Å²) in [6, 6.07) is -0.728. The lowest BCUT2D eigenvalue weighted by molar-refractivity contribution is -0.151. The van der Waals surface area contributed by atoms with Crippen LogP contribution < -0.4 is 5.32 Å². The van der Waals surface area contributed by atoms with Gasteiger partial charge in [0, 0.05) is 6.42 Å². The molecule has 6 nitrogen and oxygen atoms in total. The van der Waals surface area contributed by atoms with Crippen molar-refractivity contribution in [3.05, 3.63) is 72.9 Å². The molecule has 0 bridgehead atoms. The predicted molar refractivity (Wildman–Crippen MR) is 273 cm³/mol. The number of aliphatic hydroxyl groups excluding tert-OH is 2. The normalized spacial score (nSPS) is 13.8. The number of allylic oxidation sites excluding steroid dienone is 12. The number of esters is 1. The molecular weight excluding hydrogens is 779 g/mol. The largest absolute Gasteiger partial charge is 0.462 e. The molecule has 63 heavy (non-hydrogen) atoms. The van der Waals surface area contributed by atoms with Gasteiger partial charge in [-0.25, -0.2) is 0 Å². The van der Waals surface area contributed by atoms with Crippen LogP contribution in [0.5, 0.6) is 0 Å². The summed E-state index contributed by atoms with van der Waals surface area (Å²) >= 11 is 0. The number of unbranched alkanes of at least 4 members (excludes halogenated alkanes) is 27. The average molecular weight is 880 g/mol. The van der Waals surface area contributed by atoms with Gasteiger partial charge in [-0.2, -0.15) is 0 Å². The molecule has 0 aliphatic heterocycles. The Morgan fingerprint density at radius 1 is 0.476 bits per heavy atom. The van der Waals surface area contributed by atoms with Crippen LogP contribution in [0.3, 0.4) is 0 Å². The lowest BCUT2D eigenvalue weighted by Gasteiger charge is -2.24. The zero-order valence-electron chi connectivity index (χ0n) is 41.4. The lowest BCUT2D eigenvalue weighted by Crippen LogP contribution is -2.46. The van der Waals surface area contributed by atoms with E-state index in [0.29, 0.717) is 19.3 Å². The van der Waals surface area contributed by atoms with Crippen molar-refractivity contribution in [2.24, 2.45) is 0 Å². The summed E-state index contributed by atoms with van der Waals surface area (Å²) in [4.78, 5) is 26.1. The van der Waals surface area contributed by atoms with Crippen LogP contribution in [-0.4, -0.2) is 46.9 Å². The first-order valence-electron chi connectivity index (χ1n) is 26.7. The van der Waals surface area contributed by atoms with E-state index in [9.17, 15) is 19.8 Å². The Balaban J connectivity index is 4.64. The second kappa shape index (κ2) is 50.3. The second-order valence-electron chi connectivity index (χ2n) is 18.0. The van der Waals surface area contributed by atoms with Gasteiger partial charge in [-0.3, -0.25) is 9.59 Å². The molecule has 0 heterocycles. The Bertz CT molecular complexity index is 1170. The Kier molecular flexibility index (Phi) is 48.1. The molecule has 0 aromatic heterocycles. The molecule has 0 saturated carbocycles. The summed E-state index contributed by atoms with van der Waals surface area (Å²) in [6.45, 7) is 6.32. The fraction of sp³-hybridized carbons (Fsp3) is 0.754. The van der Waals surface area contributed by atoms with Crippen LogP contribution >= 0.6 is 0 Å². The Hall–Kier alpha value is -2.70. The van der Waals surface area contributed by atoms with Gasteiger partial charge in [-0.05, 0) is 64.2 Å². The van der Waals surface area contributed by atoms with Crippen molar-refractivity contribution in [3.63, 3.8) is 0 Å². The quantitative estimate of drug-likeness (QED) is 0.0245. The maximum absolute atomic E-state index is 13.2. The number of carbonyl (C=O) groups is 2. The van der Waals surface area contributed by atoms with E-state index in [2.05, 4.69) is 50.4 Å². The highest BCUT2D eigenvalue weighted by Crippen LogP contribution is 2.17. The van der Waals surface area contributed by atoms with Gasteiger partial charge in [0.05, 0.1) is 25.2 Å². The summed E-state index contributed by atoms with van der Waals surface area (Å²) in [5.41, 5.74) is 0. The summed E-state index contributed by atoms with van der Waals surface area (Å²) in [7, 11) is 0. The van der Waals surface area contributed by atoms with E-state index in [1.165, 1.54) is 141 Å². The van der Waals surface area contributed by atoms with E-state index >= 15 is 0 Å². The zero-order chi connectivity index (χ0) is 45.9. The Morgan fingerprint density at radius 3 is 1.37 bits per heavy atom. The number of hydrogen-bond donors (Lipinski definition) is 3. The van der Waals surface area contributed by atoms with E-state index in [4.69, 9.17) is 4.74 Å². The van der Waals surface area contributed by atoms with Crippen molar-refractivity contribution in [1.29, 1.82) is 0 Å². The van der Waals surface area contributed by atoms with E-state index in [1.54, 1.807) is 0 Å². The van der Waals surface area contributed by atoms with Crippen LogP contribution in [0.2, 0.25) is 0 Å². The van der Waals surface area contributed by atoms with Crippen molar-refractivity contribution in [1.82, 2.24) is 5.32 Å². The first kappa shape index (κ1) is 60.3. The minimum Gasteiger partial charge on any atom is -0.462 e. The molecule has 364 valence electrons. The van der Waals surface area contributed by atoms with Crippen molar-refractivity contribution >= 4 is 11.9 Å². The first-order valence-corrected chi connectivity index (χ1v) is 26.7. The Morgan fingerprint density at radius 2 is 0.889 bits per heavy atom. The lowest BCUT2D eigenvalue weighted by atomic mass is 10.0. The number of ether oxygens (including phenoxy) is 1. The molecule has 3 unspecified atom stereocenters. The number of aliphatic hydroxyl groups is 2. The maximum Gasteiger partial charge on any atom is 0.306 e. The molecule has 0 rings (SSSR count). The summed E-state index contributed by atoms with van der Waals surface area (Å²) in [5, 5.41) is 23.7.